The minimum atomic E-state index is -3.48. The van der Waals surface area contributed by atoms with Crippen molar-refractivity contribution < 1.29 is 17.9 Å². The number of carbonyl (C=O) groups is 1. The molecule has 1 aromatic carbocycles. The predicted molar refractivity (Wildman–Crippen MR) is 105 cm³/mol. The molecule has 0 radical (unpaired) electrons. The zero-order chi connectivity index (χ0) is 19.1. The van der Waals surface area contributed by atoms with Gasteiger partial charge in [0.2, 0.25) is 15.9 Å². The molecule has 0 unspecified atom stereocenters. The second kappa shape index (κ2) is 9.48. The Morgan fingerprint density at radius 1 is 1.11 bits per heavy atom. The Balaban J connectivity index is 1.53. The van der Waals surface area contributed by atoms with Crippen molar-refractivity contribution in [2.24, 2.45) is 5.92 Å². The first kappa shape index (κ1) is 20.0. The number of ether oxygens (including phenoxy) is 1. The molecule has 1 heterocycles. The Kier molecular flexibility index (Phi) is 7.04. The second-order valence-electron chi connectivity index (χ2n) is 7.17. The minimum Gasteiger partial charge on any atom is -0.379 e. The average Bonchev–Trinajstić information content (AvgIpc) is 2.72. The van der Waals surface area contributed by atoms with Crippen LogP contribution in [0.1, 0.15) is 37.7 Å². The Bertz CT molecular complexity index is 747. The number of morpholine rings is 1. The molecule has 1 saturated heterocycles. The van der Waals surface area contributed by atoms with Crippen LogP contribution in [-0.2, 0) is 19.6 Å². The quantitative estimate of drug-likeness (QED) is 0.755. The van der Waals surface area contributed by atoms with E-state index in [9.17, 15) is 13.2 Å². The fourth-order valence-electron chi connectivity index (χ4n) is 3.55. The number of hydrogen-bond donors (Lipinski definition) is 1. The fraction of sp³-hybridized carbons (Fsp3) is 0.550. The minimum absolute atomic E-state index is 0.106. The van der Waals surface area contributed by atoms with E-state index in [1.165, 1.54) is 42.5 Å². The smallest absolute Gasteiger partial charge is 0.244 e. The standard InChI is InChI=1S/C20H28N2O4S/c23-20(21-16-18-4-2-1-3-5-18)11-8-17-6-9-19(10-7-17)27(24,25)22-12-14-26-15-13-22/h6-11,18H,1-5,12-16H2,(H,21,23)/b11-8-. The van der Waals surface area contributed by atoms with Crippen molar-refractivity contribution in [2.75, 3.05) is 32.8 Å². The third kappa shape index (κ3) is 5.64. The Morgan fingerprint density at radius 2 is 1.78 bits per heavy atom. The van der Waals surface area contributed by atoms with Crippen LogP contribution in [0.15, 0.2) is 35.2 Å². The summed E-state index contributed by atoms with van der Waals surface area (Å²) in [6.07, 6.45) is 9.44. The summed E-state index contributed by atoms with van der Waals surface area (Å²) in [7, 11) is -3.48. The zero-order valence-electron chi connectivity index (χ0n) is 15.6. The summed E-state index contributed by atoms with van der Waals surface area (Å²) in [4.78, 5) is 12.2. The van der Waals surface area contributed by atoms with Crippen molar-refractivity contribution in [3.05, 3.63) is 35.9 Å². The summed E-state index contributed by atoms with van der Waals surface area (Å²) >= 11 is 0. The molecule has 1 aliphatic heterocycles. The molecule has 0 aromatic heterocycles. The molecular formula is C20H28N2O4S. The highest BCUT2D eigenvalue weighted by Gasteiger charge is 2.25. The van der Waals surface area contributed by atoms with Crippen molar-refractivity contribution in [1.82, 2.24) is 9.62 Å². The van der Waals surface area contributed by atoms with Gasteiger partial charge in [-0.25, -0.2) is 8.42 Å². The van der Waals surface area contributed by atoms with Crippen LogP contribution in [0.4, 0.5) is 0 Å². The lowest BCUT2D eigenvalue weighted by atomic mass is 9.89. The van der Waals surface area contributed by atoms with Gasteiger partial charge in [-0.1, -0.05) is 31.4 Å². The summed E-state index contributed by atoms with van der Waals surface area (Å²) in [5.41, 5.74) is 0.795. The number of carbonyl (C=O) groups excluding carboxylic acids is 1. The molecule has 148 valence electrons. The van der Waals surface area contributed by atoms with Crippen LogP contribution in [0.3, 0.4) is 0 Å². The first-order valence-electron chi connectivity index (χ1n) is 9.69. The molecule has 27 heavy (non-hydrogen) atoms. The molecule has 2 aliphatic rings. The molecule has 3 rings (SSSR count). The highest BCUT2D eigenvalue weighted by molar-refractivity contribution is 7.89. The van der Waals surface area contributed by atoms with Crippen molar-refractivity contribution in [2.45, 2.75) is 37.0 Å². The maximum absolute atomic E-state index is 12.6. The summed E-state index contributed by atoms with van der Waals surface area (Å²) < 4.78 is 31.8. The third-order valence-electron chi connectivity index (χ3n) is 5.20. The van der Waals surface area contributed by atoms with Crippen molar-refractivity contribution >= 4 is 22.0 Å². The van der Waals surface area contributed by atoms with Crippen LogP contribution in [0.5, 0.6) is 0 Å². The lowest BCUT2D eigenvalue weighted by Crippen LogP contribution is -2.40. The first-order chi connectivity index (χ1) is 13.1. The fourth-order valence-corrected chi connectivity index (χ4v) is 4.96. The Morgan fingerprint density at radius 3 is 2.44 bits per heavy atom. The Hall–Kier alpha value is -1.70. The number of sulfonamides is 1. The summed E-state index contributed by atoms with van der Waals surface area (Å²) in [6.45, 7) is 2.35. The van der Waals surface area contributed by atoms with Gasteiger partial charge in [0.15, 0.2) is 0 Å². The molecular weight excluding hydrogens is 364 g/mol. The molecule has 1 saturated carbocycles. The molecule has 1 amide bonds. The third-order valence-corrected chi connectivity index (χ3v) is 7.12. The van der Waals surface area contributed by atoms with E-state index in [1.807, 2.05) is 0 Å². The SMILES string of the molecule is O=C(/C=C\c1ccc(S(=O)(=O)N2CCOCC2)cc1)NCC1CCCCC1. The van der Waals surface area contributed by atoms with Crippen LogP contribution in [0.25, 0.3) is 6.08 Å². The van der Waals surface area contributed by atoms with Gasteiger partial charge in [0, 0.05) is 25.7 Å². The first-order valence-corrected chi connectivity index (χ1v) is 11.1. The summed E-state index contributed by atoms with van der Waals surface area (Å²) in [5.74, 6) is 0.492. The van der Waals surface area contributed by atoms with Gasteiger partial charge < -0.3 is 10.1 Å². The molecule has 0 bridgehead atoms. The maximum Gasteiger partial charge on any atom is 0.244 e. The van der Waals surface area contributed by atoms with E-state index in [2.05, 4.69) is 5.32 Å². The predicted octanol–water partition coefficient (Wildman–Crippen LogP) is 2.42. The van der Waals surface area contributed by atoms with Gasteiger partial charge in [0.1, 0.15) is 0 Å². The molecule has 1 aromatic rings. The average molecular weight is 393 g/mol. The van der Waals surface area contributed by atoms with Gasteiger partial charge >= 0.3 is 0 Å². The molecule has 6 nitrogen and oxygen atoms in total. The maximum atomic E-state index is 12.6. The molecule has 0 atom stereocenters. The molecule has 7 heteroatoms. The van der Waals surface area contributed by atoms with E-state index in [0.717, 1.165) is 12.1 Å². The van der Waals surface area contributed by atoms with Crippen LogP contribution >= 0.6 is 0 Å². The van der Waals surface area contributed by atoms with E-state index < -0.39 is 10.0 Å². The van der Waals surface area contributed by atoms with E-state index in [-0.39, 0.29) is 10.8 Å². The molecule has 1 N–H and O–H groups in total. The van der Waals surface area contributed by atoms with Crippen molar-refractivity contribution in [1.29, 1.82) is 0 Å². The molecule has 0 spiro atoms. The van der Waals surface area contributed by atoms with E-state index >= 15 is 0 Å². The number of nitrogens with zero attached hydrogens (tertiary/aromatic N) is 1. The second-order valence-corrected chi connectivity index (χ2v) is 9.11. The lowest BCUT2D eigenvalue weighted by Gasteiger charge is -2.26. The Labute approximate surface area is 161 Å². The van der Waals surface area contributed by atoms with Crippen molar-refractivity contribution in [3.63, 3.8) is 0 Å². The zero-order valence-corrected chi connectivity index (χ0v) is 16.4. The largest absolute Gasteiger partial charge is 0.379 e. The van der Waals surface area contributed by atoms with Gasteiger partial charge in [-0.15, -0.1) is 0 Å². The summed E-state index contributed by atoms with van der Waals surface area (Å²) in [6, 6.07) is 6.62. The normalized spacial score (nSPS) is 20.0. The number of rotatable bonds is 6. The summed E-state index contributed by atoms with van der Waals surface area (Å²) in [5, 5.41) is 2.96. The van der Waals surface area contributed by atoms with E-state index in [0.29, 0.717) is 32.2 Å². The van der Waals surface area contributed by atoms with Gasteiger partial charge in [-0.3, -0.25) is 4.79 Å². The molecule has 2 fully saturated rings. The van der Waals surface area contributed by atoms with Crippen LogP contribution in [0.2, 0.25) is 0 Å². The van der Waals surface area contributed by atoms with Crippen LogP contribution in [-0.4, -0.2) is 51.5 Å². The van der Waals surface area contributed by atoms with Crippen LogP contribution < -0.4 is 5.32 Å². The van der Waals surface area contributed by atoms with Crippen LogP contribution in [0, 0.1) is 5.92 Å². The number of nitrogens with one attached hydrogen (secondary N) is 1. The lowest BCUT2D eigenvalue weighted by molar-refractivity contribution is -0.116. The monoisotopic (exact) mass is 392 g/mol. The van der Waals surface area contributed by atoms with E-state index in [1.54, 1.807) is 30.3 Å². The number of hydrogen-bond acceptors (Lipinski definition) is 4. The number of amides is 1. The molecule has 1 aliphatic carbocycles. The van der Waals surface area contributed by atoms with Crippen molar-refractivity contribution in [3.8, 4) is 0 Å². The van der Waals surface area contributed by atoms with Gasteiger partial charge in [-0.05, 0) is 42.5 Å². The van der Waals surface area contributed by atoms with Gasteiger partial charge in [0.05, 0.1) is 18.1 Å². The highest BCUT2D eigenvalue weighted by atomic mass is 32.2. The number of benzene rings is 1. The van der Waals surface area contributed by atoms with Gasteiger partial charge in [-0.2, -0.15) is 4.31 Å². The van der Waals surface area contributed by atoms with E-state index in [4.69, 9.17) is 4.74 Å². The van der Waals surface area contributed by atoms with Gasteiger partial charge in [0.25, 0.3) is 0 Å². The highest BCUT2D eigenvalue weighted by Crippen LogP contribution is 2.22. The topological polar surface area (TPSA) is 75.7 Å².